The summed E-state index contributed by atoms with van der Waals surface area (Å²) in [4.78, 5) is 11.0. The van der Waals surface area contributed by atoms with Crippen LogP contribution < -0.4 is 4.74 Å². The lowest BCUT2D eigenvalue weighted by Gasteiger charge is -2.07. The molecule has 0 aliphatic heterocycles. The molecule has 0 heterocycles. The van der Waals surface area contributed by atoms with Crippen LogP contribution in [0.25, 0.3) is 0 Å². The van der Waals surface area contributed by atoms with Gasteiger partial charge in [-0.05, 0) is 37.1 Å². The van der Waals surface area contributed by atoms with Gasteiger partial charge in [0.2, 0.25) is 0 Å². The molecule has 0 saturated heterocycles. The van der Waals surface area contributed by atoms with Crippen LogP contribution in [-0.4, -0.2) is 5.78 Å². The van der Waals surface area contributed by atoms with E-state index in [1.54, 1.807) is 6.92 Å². The number of hydrogen-bond donors (Lipinski definition) is 0. The van der Waals surface area contributed by atoms with E-state index in [0.29, 0.717) is 13.0 Å². The summed E-state index contributed by atoms with van der Waals surface area (Å²) < 4.78 is 5.71. The summed E-state index contributed by atoms with van der Waals surface area (Å²) in [5, 5.41) is 0. The van der Waals surface area contributed by atoms with Gasteiger partial charge in [-0.25, -0.2) is 0 Å². The molecule has 0 aliphatic carbocycles. The highest BCUT2D eigenvalue weighted by Gasteiger charge is 1.99. The molecule has 0 amide bonds. The zero-order chi connectivity index (χ0) is 13.7. The van der Waals surface area contributed by atoms with E-state index in [-0.39, 0.29) is 5.78 Å². The number of carbonyl (C=O) groups is 1. The Hall–Kier alpha value is -2.09. The van der Waals surface area contributed by atoms with Crippen molar-refractivity contribution in [3.8, 4) is 5.75 Å². The third kappa shape index (κ3) is 4.25. The average Bonchev–Trinajstić information content (AvgIpc) is 2.39. The highest BCUT2D eigenvalue weighted by Crippen LogP contribution is 2.15. The fourth-order valence-corrected chi connectivity index (χ4v) is 1.84. The highest BCUT2D eigenvalue weighted by atomic mass is 16.5. The molecule has 2 aromatic carbocycles. The van der Waals surface area contributed by atoms with Crippen LogP contribution in [0.2, 0.25) is 0 Å². The Morgan fingerprint density at radius 1 is 0.947 bits per heavy atom. The summed E-state index contributed by atoms with van der Waals surface area (Å²) in [6.45, 7) is 4.23. The van der Waals surface area contributed by atoms with Gasteiger partial charge in [0.1, 0.15) is 18.1 Å². The van der Waals surface area contributed by atoms with Gasteiger partial charge in [0.15, 0.2) is 0 Å². The van der Waals surface area contributed by atoms with E-state index in [4.69, 9.17) is 4.74 Å². The van der Waals surface area contributed by atoms with Gasteiger partial charge in [-0.2, -0.15) is 0 Å². The fourth-order valence-electron chi connectivity index (χ4n) is 1.84. The first kappa shape index (κ1) is 13.3. The average molecular weight is 254 g/mol. The van der Waals surface area contributed by atoms with Crippen molar-refractivity contribution in [3.63, 3.8) is 0 Å². The number of hydrogen-bond acceptors (Lipinski definition) is 2. The summed E-state index contributed by atoms with van der Waals surface area (Å²) in [7, 11) is 0. The number of rotatable bonds is 5. The van der Waals surface area contributed by atoms with E-state index in [0.717, 1.165) is 16.9 Å². The van der Waals surface area contributed by atoms with Gasteiger partial charge >= 0.3 is 0 Å². The smallest absolute Gasteiger partial charge is 0.134 e. The molecule has 0 spiro atoms. The molecule has 2 aromatic rings. The first-order chi connectivity index (χ1) is 9.13. The summed E-state index contributed by atoms with van der Waals surface area (Å²) in [6.07, 6.45) is 0.484. The van der Waals surface area contributed by atoms with Gasteiger partial charge < -0.3 is 4.74 Å². The molecular weight excluding hydrogens is 236 g/mol. The van der Waals surface area contributed by atoms with E-state index < -0.39 is 0 Å². The quantitative estimate of drug-likeness (QED) is 0.813. The first-order valence-corrected chi connectivity index (χ1v) is 6.40. The lowest BCUT2D eigenvalue weighted by Crippen LogP contribution is -1.97. The number of carbonyl (C=O) groups excluding carboxylic acids is 1. The zero-order valence-electron chi connectivity index (χ0n) is 11.3. The summed E-state index contributed by atoms with van der Waals surface area (Å²) in [6, 6.07) is 16.0. The maximum Gasteiger partial charge on any atom is 0.134 e. The van der Waals surface area contributed by atoms with Crippen LogP contribution >= 0.6 is 0 Å². The van der Waals surface area contributed by atoms with Gasteiger partial charge in [-0.1, -0.05) is 42.0 Å². The second-order valence-electron chi connectivity index (χ2n) is 4.80. The van der Waals surface area contributed by atoms with E-state index in [1.165, 1.54) is 5.56 Å². The molecule has 2 nitrogen and oxygen atoms in total. The topological polar surface area (TPSA) is 26.3 Å². The van der Waals surface area contributed by atoms with Crippen molar-refractivity contribution in [2.75, 3.05) is 0 Å². The molecule has 0 radical (unpaired) electrons. The molecule has 0 aliphatic rings. The van der Waals surface area contributed by atoms with Gasteiger partial charge in [0.05, 0.1) is 0 Å². The van der Waals surface area contributed by atoms with E-state index >= 15 is 0 Å². The maximum absolute atomic E-state index is 11.0. The Kier molecular flexibility index (Phi) is 4.35. The Morgan fingerprint density at radius 2 is 1.53 bits per heavy atom. The molecule has 0 aromatic heterocycles. The predicted molar refractivity (Wildman–Crippen MR) is 76.3 cm³/mol. The van der Waals surface area contributed by atoms with Gasteiger partial charge in [0.25, 0.3) is 0 Å². The number of Topliss-reactive ketones (excluding diaryl/α,β-unsaturated/α-hetero) is 1. The predicted octanol–water partition coefficient (Wildman–Crippen LogP) is 3.71. The fraction of sp³-hybridized carbons (Fsp3) is 0.235. The van der Waals surface area contributed by atoms with Crippen LogP contribution in [0.1, 0.15) is 23.6 Å². The van der Waals surface area contributed by atoms with E-state index in [9.17, 15) is 4.79 Å². The minimum absolute atomic E-state index is 0.174. The zero-order valence-corrected chi connectivity index (χ0v) is 11.3. The van der Waals surface area contributed by atoms with Crippen LogP contribution in [0, 0.1) is 6.92 Å². The summed E-state index contributed by atoms with van der Waals surface area (Å²) in [5.74, 6) is 1.00. The Labute approximate surface area is 114 Å². The van der Waals surface area contributed by atoms with Crippen molar-refractivity contribution < 1.29 is 9.53 Å². The monoisotopic (exact) mass is 254 g/mol. The van der Waals surface area contributed by atoms with Crippen LogP contribution in [0.4, 0.5) is 0 Å². The van der Waals surface area contributed by atoms with E-state index in [2.05, 4.69) is 31.2 Å². The number of ether oxygens (including phenoxy) is 1. The Bertz CT molecular complexity index is 538. The molecule has 2 heteroatoms. The first-order valence-electron chi connectivity index (χ1n) is 6.40. The molecule has 0 unspecified atom stereocenters. The molecular formula is C17H18O2. The van der Waals surface area contributed by atoms with Crippen molar-refractivity contribution in [2.45, 2.75) is 26.9 Å². The van der Waals surface area contributed by atoms with Crippen molar-refractivity contribution in [2.24, 2.45) is 0 Å². The van der Waals surface area contributed by atoms with Crippen molar-refractivity contribution in [1.29, 1.82) is 0 Å². The minimum atomic E-state index is 0.174. The lowest BCUT2D eigenvalue weighted by molar-refractivity contribution is -0.116. The minimum Gasteiger partial charge on any atom is -0.489 e. The molecule has 0 saturated carbocycles. The number of aryl methyl sites for hydroxylation is 1. The van der Waals surface area contributed by atoms with Crippen LogP contribution in [0.15, 0.2) is 48.5 Å². The second kappa shape index (κ2) is 6.19. The lowest BCUT2D eigenvalue weighted by atomic mass is 10.1. The highest BCUT2D eigenvalue weighted by molar-refractivity contribution is 5.78. The normalized spacial score (nSPS) is 10.2. The van der Waals surface area contributed by atoms with Crippen LogP contribution in [0.5, 0.6) is 5.75 Å². The largest absolute Gasteiger partial charge is 0.489 e. The van der Waals surface area contributed by atoms with Crippen LogP contribution in [-0.2, 0) is 17.8 Å². The van der Waals surface area contributed by atoms with Gasteiger partial charge in [-0.15, -0.1) is 0 Å². The molecule has 0 fully saturated rings. The third-order valence-corrected chi connectivity index (χ3v) is 2.90. The molecule has 0 N–H and O–H groups in total. The van der Waals surface area contributed by atoms with Gasteiger partial charge in [-0.3, -0.25) is 4.79 Å². The maximum atomic E-state index is 11.0. The van der Waals surface area contributed by atoms with E-state index in [1.807, 2.05) is 24.3 Å². The molecule has 0 bridgehead atoms. The second-order valence-corrected chi connectivity index (χ2v) is 4.80. The third-order valence-electron chi connectivity index (χ3n) is 2.90. The molecule has 19 heavy (non-hydrogen) atoms. The summed E-state index contributed by atoms with van der Waals surface area (Å²) >= 11 is 0. The molecule has 0 atom stereocenters. The number of ketones is 1. The standard InChI is InChI=1S/C17H18O2/c1-13-3-5-16(6-4-13)12-19-17-9-7-15(8-10-17)11-14(2)18/h3-10H,11-12H2,1-2H3. The van der Waals surface area contributed by atoms with Gasteiger partial charge in [0, 0.05) is 6.42 Å². The SMILES string of the molecule is CC(=O)Cc1ccc(OCc2ccc(C)cc2)cc1. The molecule has 2 rings (SSSR count). The summed E-state index contributed by atoms with van der Waals surface area (Å²) in [5.41, 5.74) is 3.42. The van der Waals surface area contributed by atoms with Crippen LogP contribution in [0.3, 0.4) is 0 Å². The Morgan fingerprint density at radius 3 is 2.11 bits per heavy atom. The van der Waals surface area contributed by atoms with Crippen molar-refractivity contribution >= 4 is 5.78 Å². The molecule has 98 valence electrons. The Balaban J connectivity index is 1.92. The van der Waals surface area contributed by atoms with Crippen molar-refractivity contribution in [3.05, 3.63) is 65.2 Å². The van der Waals surface area contributed by atoms with Crippen molar-refractivity contribution in [1.82, 2.24) is 0 Å². The number of benzene rings is 2.